The molecule has 0 unspecified atom stereocenters. The van der Waals surface area contributed by atoms with Crippen LogP contribution in [-0.4, -0.2) is 54.7 Å². The molecule has 0 radical (unpaired) electrons. The fraction of sp³-hybridized carbons (Fsp3) is 0.714. The van der Waals surface area contributed by atoms with Gasteiger partial charge in [-0.05, 0) is 37.7 Å². The minimum Gasteiger partial charge on any atom is -0.478 e. The molecule has 1 aromatic heterocycles. The maximum atomic E-state index is 5.53. The number of nitrogens with zero attached hydrogens (tertiary/aromatic N) is 3. The van der Waals surface area contributed by atoms with Crippen molar-refractivity contribution in [1.29, 1.82) is 0 Å². The van der Waals surface area contributed by atoms with E-state index in [1.807, 2.05) is 19.3 Å². The van der Waals surface area contributed by atoms with Gasteiger partial charge in [0.05, 0.1) is 6.61 Å². The number of rotatable bonds is 7. The van der Waals surface area contributed by atoms with Crippen molar-refractivity contribution in [2.45, 2.75) is 70.5 Å². The highest BCUT2D eigenvalue weighted by Crippen LogP contribution is 2.26. The monoisotopic (exact) mass is 501 g/mol. The molecular weight excluding hydrogens is 465 g/mol. The molecule has 0 bridgehead atoms. The van der Waals surface area contributed by atoms with Crippen molar-refractivity contribution in [3.05, 3.63) is 23.9 Å². The van der Waals surface area contributed by atoms with Crippen LogP contribution in [0.1, 0.15) is 57.4 Å². The summed E-state index contributed by atoms with van der Waals surface area (Å²) >= 11 is 0. The number of halogens is 1. The zero-order valence-corrected chi connectivity index (χ0v) is 19.7. The Balaban J connectivity index is 0.00000280. The summed E-state index contributed by atoms with van der Waals surface area (Å²) in [5.41, 5.74) is 1.12. The van der Waals surface area contributed by atoms with E-state index < -0.39 is 0 Å². The highest BCUT2D eigenvalue weighted by molar-refractivity contribution is 14.0. The molecule has 0 atom stereocenters. The summed E-state index contributed by atoms with van der Waals surface area (Å²) in [5.74, 6) is 1.57. The molecule has 1 aliphatic heterocycles. The van der Waals surface area contributed by atoms with Crippen molar-refractivity contribution in [1.82, 2.24) is 20.5 Å². The lowest BCUT2D eigenvalue weighted by Gasteiger charge is -2.36. The third kappa shape index (κ3) is 7.06. The smallest absolute Gasteiger partial charge is 0.213 e. The number of ether oxygens (including phenoxy) is 1. The molecule has 1 aromatic rings. The third-order valence-electron chi connectivity index (χ3n) is 5.65. The summed E-state index contributed by atoms with van der Waals surface area (Å²) in [6.45, 7) is 5.93. The summed E-state index contributed by atoms with van der Waals surface area (Å²) in [6.07, 6.45) is 10.9. The van der Waals surface area contributed by atoms with E-state index >= 15 is 0 Å². The van der Waals surface area contributed by atoms with Gasteiger partial charge < -0.3 is 20.3 Å². The number of aromatic nitrogens is 1. The number of hydrogen-bond donors (Lipinski definition) is 2. The van der Waals surface area contributed by atoms with Gasteiger partial charge in [0.2, 0.25) is 5.88 Å². The highest BCUT2D eigenvalue weighted by atomic mass is 127. The van der Waals surface area contributed by atoms with Crippen molar-refractivity contribution in [2.75, 3.05) is 26.7 Å². The second-order valence-electron chi connectivity index (χ2n) is 7.67. The lowest BCUT2D eigenvalue weighted by Crippen LogP contribution is -2.50. The number of aliphatic imine (C=N–C) groups is 1. The molecule has 0 aromatic carbocycles. The number of guanidine groups is 1. The van der Waals surface area contributed by atoms with E-state index in [1.165, 1.54) is 51.6 Å². The van der Waals surface area contributed by atoms with E-state index in [1.54, 1.807) is 0 Å². The van der Waals surface area contributed by atoms with Crippen LogP contribution in [0.5, 0.6) is 5.88 Å². The summed E-state index contributed by atoms with van der Waals surface area (Å²) in [7, 11) is 1.84. The van der Waals surface area contributed by atoms with Gasteiger partial charge in [0.15, 0.2) is 5.96 Å². The molecule has 6 nitrogen and oxygen atoms in total. The molecule has 1 aliphatic carbocycles. The molecule has 0 spiro atoms. The number of pyridine rings is 1. The maximum Gasteiger partial charge on any atom is 0.213 e. The first-order chi connectivity index (χ1) is 13.3. The summed E-state index contributed by atoms with van der Waals surface area (Å²) < 4.78 is 5.53. The van der Waals surface area contributed by atoms with Crippen LogP contribution >= 0.6 is 24.0 Å². The second-order valence-corrected chi connectivity index (χ2v) is 7.67. The van der Waals surface area contributed by atoms with E-state index in [-0.39, 0.29) is 24.0 Å². The van der Waals surface area contributed by atoms with Crippen molar-refractivity contribution < 1.29 is 4.74 Å². The normalized spacial score (nSPS) is 19.3. The van der Waals surface area contributed by atoms with Crippen molar-refractivity contribution in [2.24, 2.45) is 4.99 Å². The predicted molar refractivity (Wildman–Crippen MR) is 126 cm³/mol. The Morgan fingerprint density at radius 3 is 2.57 bits per heavy atom. The van der Waals surface area contributed by atoms with Gasteiger partial charge in [-0.3, -0.25) is 4.99 Å². The molecule has 1 saturated carbocycles. The van der Waals surface area contributed by atoms with Crippen molar-refractivity contribution in [3.8, 4) is 5.88 Å². The minimum atomic E-state index is 0. The molecule has 3 rings (SSSR count). The topological polar surface area (TPSA) is 61.8 Å². The van der Waals surface area contributed by atoms with Gasteiger partial charge in [0, 0.05) is 51.0 Å². The molecule has 2 N–H and O–H groups in total. The highest BCUT2D eigenvalue weighted by Gasteiger charge is 2.27. The molecule has 2 heterocycles. The lowest BCUT2D eigenvalue weighted by molar-refractivity contribution is 0.150. The Kier molecular flexibility index (Phi) is 10.3. The Labute approximate surface area is 186 Å². The molecule has 2 fully saturated rings. The largest absolute Gasteiger partial charge is 0.478 e. The maximum absolute atomic E-state index is 5.53. The Hall–Kier alpha value is -1.09. The molecule has 7 heteroatoms. The second kappa shape index (κ2) is 12.5. The summed E-state index contributed by atoms with van der Waals surface area (Å²) in [6, 6.07) is 5.34. The van der Waals surface area contributed by atoms with E-state index in [4.69, 9.17) is 4.74 Å². The van der Waals surface area contributed by atoms with Crippen LogP contribution in [-0.2, 0) is 6.54 Å². The summed E-state index contributed by atoms with van der Waals surface area (Å²) in [4.78, 5) is 11.4. The van der Waals surface area contributed by atoms with Crippen LogP contribution in [0, 0.1) is 0 Å². The number of nitrogens with one attached hydrogen (secondary N) is 2. The predicted octanol–water partition coefficient (Wildman–Crippen LogP) is 3.56. The molecular formula is C21H36IN5O. The van der Waals surface area contributed by atoms with E-state index in [0.717, 1.165) is 24.0 Å². The molecule has 1 saturated heterocycles. The average Bonchev–Trinajstić information content (AvgIpc) is 3.25. The first-order valence-corrected chi connectivity index (χ1v) is 10.6. The molecule has 2 aliphatic rings. The van der Waals surface area contributed by atoms with Crippen LogP contribution in [0.3, 0.4) is 0 Å². The van der Waals surface area contributed by atoms with Crippen LogP contribution in [0.15, 0.2) is 23.3 Å². The van der Waals surface area contributed by atoms with E-state index in [2.05, 4.69) is 38.5 Å². The van der Waals surface area contributed by atoms with E-state index in [0.29, 0.717) is 25.1 Å². The average molecular weight is 501 g/mol. The fourth-order valence-corrected chi connectivity index (χ4v) is 4.06. The fourth-order valence-electron chi connectivity index (χ4n) is 4.06. The van der Waals surface area contributed by atoms with Gasteiger partial charge in [-0.1, -0.05) is 25.8 Å². The Morgan fingerprint density at radius 2 is 1.96 bits per heavy atom. The van der Waals surface area contributed by atoms with Gasteiger partial charge in [-0.25, -0.2) is 4.98 Å². The van der Waals surface area contributed by atoms with Gasteiger partial charge in [-0.2, -0.15) is 0 Å². The Bertz CT molecular complexity index is 581. The standard InChI is InChI=1S/C21H35N5O.HI/c1-3-14-27-20-9-8-17(15-23-20)16-24-21(22-2)25-18-10-12-26(13-11-18)19-6-4-5-7-19;/h8-9,15,18-19H,3-7,10-14,16H2,1-2H3,(H2,22,24,25);1H. The Morgan fingerprint density at radius 1 is 1.21 bits per heavy atom. The van der Waals surface area contributed by atoms with Crippen LogP contribution < -0.4 is 15.4 Å². The third-order valence-corrected chi connectivity index (χ3v) is 5.65. The SMILES string of the molecule is CCCOc1ccc(CNC(=NC)NC2CCN(C3CCCC3)CC2)cn1.I. The van der Waals surface area contributed by atoms with Crippen LogP contribution in [0.25, 0.3) is 0 Å². The van der Waals surface area contributed by atoms with Gasteiger partial charge >= 0.3 is 0 Å². The summed E-state index contributed by atoms with van der Waals surface area (Å²) in [5, 5.41) is 7.00. The van der Waals surface area contributed by atoms with Gasteiger partial charge in [-0.15, -0.1) is 24.0 Å². The lowest BCUT2D eigenvalue weighted by atomic mass is 10.0. The number of hydrogen-bond acceptors (Lipinski definition) is 4. The van der Waals surface area contributed by atoms with Gasteiger partial charge in [0.25, 0.3) is 0 Å². The van der Waals surface area contributed by atoms with Crippen molar-refractivity contribution in [3.63, 3.8) is 0 Å². The van der Waals surface area contributed by atoms with E-state index in [9.17, 15) is 0 Å². The zero-order valence-electron chi connectivity index (χ0n) is 17.3. The first kappa shape index (κ1) is 23.2. The quantitative estimate of drug-likeness (QED) is 0.340. The minimum absolute atomic E-state index is 0. The zero-order chi connectivity index (χ0) is 18.9. The van der Waals surface area contributed by atoms with Crippen LogP contribution in [0.4, 0.5) is 0 Å². The van der Waals surface area contributed by atoms with Crippen molar-refractivity contribution >= 4 is 29.9 Å². The van der Waals surface area contributed by atoms with Gasteiger partial charge in [0.1, 0.15) is 0 Å². The van der Waals surface area contributed by atoms with Crippen LogP contribution in [0.2, 0.25) is 0 Å². The molecule has 0 amide bonds. The number of piperidine rings is 1. The molecule has 28 heavy (non-hydrogen) atoms. The first-order valence-electron chi connectivity index (χ1n) is 10.6. The molecule has 158 valence electrons. The number of likely N-dealkylation sites (tertiary alicyclic amines) is 1.